The van der Waals surface area contributed by atoms with Crippen LogP contribution in [-0.4, -0.2) is 35.4 Å². The molecule has 0 saturated carbocycles. The van der Waals surface area contributed by atoms with Gasteiger partial charge in [-0.1, -0.05) is 54.0 Å². The molecule has 0 bridgehead atoms. The Kier molecular flexibility index (Phi) is 9.37. The van der Waals surface area contributed by atoms with Crippen LogP contribution in [0.1, 0.15) is 45.2 Å². The largest absolute Gasteiger partial charge is 0.484 e. The second kappa shape index (κ2) is 11.7. The third kappa shape index (κ3) is 7.17. The van der Waals surface area contributed by atoms with E-state index in [4.69, 9.17) is 4.74 Å². The minimum atomic E-state index is -0.610. The molecule has 0 aliphatic carbocycles. The Bertz CT molecular complexity index is 821. The Morgan fingerprint density at radius 3 is 2.17 bits per heavy atom. The lowest BCUT2D eigenvalue weighted by Gasteiger charge is -2.29. The average Bonchev–Trinajstić information content (AvgIpc) is 2.76. The monoisotopic (exact) mass is 474 g/mol. The number of hydrogen-bond acceptors (Lipinski definition) is 3. The van der Waals surface area contributed by atoms with Crippen molar-refractivity contribution in [2.45, 2.75) is 59.2 Å². The molecule has 0 heterocycles. The molecule has 0 radical (unpaired) electrons. The summed E-state index contributed by atoms with van der Waals surface area (Å²) in [6.45, 7) is 8.02. The summed E-state index contributed by atoms with van der Waals surface area (Å²) in [5, 5.41) is 2.96. The van der Waals surface area contributed by atoms with Gasteiger partial charge in [0.05, 0.1) is 0 Å². The number of amides is 2. The number of carbonyl (C=O) groups is 2. The lowest BCUT2D eigenvalue weighted by molar-refractivity contribution is -0.142. The molecule has 0 aromatic heterocycles. The smallest absolute Gasteiger partial charge is 0.261 e. The molecule has 162 valence electrons. The van der Waals surface area contributed by atoms with Crippen molar-refractivity contribution in [3.8, 4) is 5.75 Å². The van der Waals surface area contributed by atoms with Crippen molar-refractivity contribution in [3.63, 3.8) is 0 Å². The zero-order valence-electron chi connectivity index (χ0n) is 18.2. The first-order valence-corrected chi connectivity index (χ1v) is 11.2. The van der Waals surface area contributed by atoms with E-state index in [1.807, 2.05) is 62.4 Å². The van der Waals surface area contributed by atoms with Gasteiger partial charge in [0.2, 0.25) is 5.91 Å². The zero-order chi connectivity index (χ0) is 22.1. The van der Waals surface area contributed by atoms with Gasteiger partial charge < -0.3 is 15.0 Å². The van der Waals surface area contributed by atoms with Gasteiger partial charge in [0, 0.05) is 17.1 Å². The highest BCUT2D eigenvalue weighted by Gasteiger charge is 2.27. The number of aryl methyl sites for hydroxylation is 1. The van der Waals surface area contributed by atoms with Crippen molar-refractivity contribution in [1.82, 2.24) is 10.2 Å². The van der Waals surface area contributed by atoms with E-state index in [0.29, 0.717) is 12.3 Å². The fourth-order valence-electron chi connectivity index (χ4n) is 2.88. The molecule has 0 aliphatic heterocycles. The summed E-state index contributed by atoms with van der Waals surface area (Å²) in [6, 6.07) is 14.9. The Balaban J connectivity index is 2.12. The van der Waals surface area contributed by atoms with Crippen LogP contribution in [0.3, 0.4) is 0 Å². The highest BCUT2D eigenvalue weighted by Crippen LogP contribution is 2.16. The number of benzene rings is 2. The highest BCUT2D eigenvalue weighted by molar-refractivity contribution is 9.10. The van der Waals surface area contributed by atoms with E-state index in [1.165, 1.54) is 5.56 Å². The van der Waals surface area contributed by atoms with Gasteiger partial charge in [0.25, 0.3) is 5.91 Å². The maximum absolute atomic E-state index is 13.0. The maximum atomic E-state index is 13.0. The predicted octanol–water partition coefficient (Wildman–Crippen LogP) is 4.72. The zero-order valence-corrected chi connectivity index (χ0v) is 19.7. The van der Waals surface area contributed by atoms with Gasteiger partial charge >= 0.3 is 0 Å². The average molecular weight is 475 g/mol. The minimum Gasteiger partial charge on any atom is -0.484 e. The molecule has 5 nitrogen and oxygen atoms in total. The summed E-state index contributed by atoms with van der Waals surface area (Å²) < 4.78 is 6.67. The minimum absolute atomic E-state index is 0.0536. The van der Waals surface area contributed by atoms with Gasteiger partial charge in [0.1, 0.15) is 11.8 Å². The Labute approximate surface area is 187 Å². The second-order valence-corrected chi connectivity index (χ2v) is 8.34. The number of rotatable bonds is 10. The molecule has 2 rings (SSSR count). The number of ether oxygens (including phenoxy) is 1. The van der Waals surface area contributed by atoms with Gasteiger partial charge in [-0.2, -0.15) is 0 Å². The number of nitrogens with zero attached hydrogens (tertiary/aromatic N) is 1. The van der Waals surface area contributed by atoms with Gasteiger partial charge in [-0.3, -0.25) is 9.59 Å². The van der Waals surface area contributed by atoms with Crippen LogP contribution in [0.2, 0.25) is 0 Å². The highest BCUT2D eigenvalue weighted by atomic mass is 79.9. The first-order chi connectivity index (χ1) is 14.3. The third-order valence-electron chi connectivity index (χ3n) is 5.13. The van der Waals surface area contributed by atoms with E-state index in [9.17, 15) is 9.59 Å². The van der Waals surface area contributed by atoms with E-state index in [-0.39, 0.29) is 24.5 Å². The molecule has 6 heteroatoms. The van der Waals surface area contributed by atoms with E-state index in [0.717, 1.165) is 22.9 Å². The quantitative estimate of drug-likeness (QED) is 0.541. The molecular weight excluding hydrogens is 444 g/mol. The van der Waals surface area contributed by atoms with Crippen LogP contribution in [0.4, 0.5) is 0 Å². The molecule has 2 atom stereocenters. The molecule has 0 saturated heterocycles. The molecular formula is C24H31BrN2O3. The SMILES string of the molecule is CCc1ccc(OCC(=O)N(Cc2ccc(Br)cc2)[C@H](C)C(=O)N[C@H](C)CC)cc1. The Morgan fingerprint density at radius 1 is 1.00 bits per heavy atom. The van der Waals surface area contributed by atoms with Gasteiger partial charge in [-0.15, -0.1) is 0 Å². The summed E-state index contributed by atoms with van der Waals surface area (Å²) in [5.41, 5.74) is 2.16. The normalized spacial score (nSPS) is 12.7. The molecule has 1 N–H and O–H groups in total. The van der Waals surface area contributed by atoms with Crippen LogP contribution in [0.5, 0.6) is 5.75 Å². The lowest BCUT2D eigenvalue weighted by atomic mass is 10.1. The fraction of sp³-hybridized carbons (Fsp3) is 0.417. The van der Waals surface area contributed by atoms with Crippen molar-refractivity contribution in [3.05, 3.63) is 64.1 Å². The van der Waals surface area contributed by atoms with Crippen LogP contribution in [0.25, 0.3) is 0 Å². The second-order valence-electron chi connectivity index (χ2n) is 7.43. The molecule has 0 aliphatic rings. The summed E-state index contributed by atoms with van der Waals surface area (Å²) in [5.74, 6) is 0.243. The fourth-order valence-corrected chi connectivity index (χ4v) is 3.15. The van der Waals surface area contributed by atoms with Crippen molar-refractivity contribution in [1.29, 1.82) is 0 Å². The molecule has 0 fully saturated rings. The van der Waals surface area contributed by atoms with Gasteiger partial charge in [0.15, 0.2) is 6.61 Å². The van der Waals surface area contributed by atoms with Crippen LogP contribution in [0, 0.1) is 0 Å². The number of halogens is 1. The van der Waals surface area contributed by atoms with E-state index >= 15 is 0 Å². The topological polar surface area (TPSA) is 58.6 Å². The van der Waals surface area contributed by atoms with E-state index in [1.54, 1.807) is 11.8 Å². The first kappa shape index (κ1) is 23.9. The lowest BCUT2D eigenvalue weighted by Crippen LogP contribution is -2.50. The molecule has 30 heavy (non-hydrogen) atoms. The van der Waals surface area contributed by atoms with Crippen molar-refractivity contribution in [2.75, 3.05) is 6.61 Å². The number of nitrogens with one attached hydrogen (secondary N) is 1. The van der Waals surface area contributed by atoms with Crippen LogP contribution in [-0.2, 0) is 22.6 Å². The van der Waals surface area contributed by atoms with Crippen LogP contribution < -0.4 is 10.1 Å². The van der Waals surface area contributed by atoms with Gasteiger partial charge in [-0.25, -0.2) is 0 Å². The first-order valence-electron chi connectivity index (χ1n) is 10.4. The molecule has 0 spiro atoms. The van der Waals surface area contributed by atoms with Crippen molar-refractivity contribution in [2.24, 2.45) is 0 Å². The van der Waals surface area contributed by atoms with Crippen molar-refractivity contribution < 1.29 is 14.3 Å². The summed E-state index contributed by atoms with van der Waals surface area (Å²) >= 11 is 3.42. The number of hydrogen-bond donors (Lipinski definition) is 1. The third-order valence-corrected chi connectivity index (χ3v) is 5.66. The molecule has 2 aromatic rings. The van der Waals surface area contributed by atoms with E-state index < -0.39 is 6.04 Å². The van der Waals surface area contributed by atoms with Gasteiger partial charge in [-0.05, 0) is 62.1 Å². The standard InChI is InChI=1S/C24H31BrN2O3/c1-5-17(3)26-24(29)18(4)27(15-20-7-11-21(25)12-8-20)23(28)16-30-22-13-9-19(6-2)10-14-22/h7-14,17-18H,5-6,15-16H2,1-4H3,(H,26,29)/t17-,18-/m1/s1. The molecule has 2 aromatic carbocycles. The number of carbonyl (C=O) groups excluding carboxylic acids is 2. The summed E-state index contributed by atoms with van der Waals surface area (Å²) in [7, 11) is 0. The Hall–Kier alpha value is -2.34. The summed E-state index contributed by atoms with van der Waals surface area (Å²) in [4.78, 5) is 27.3. The molecule has 0 unspecified atom stereocenters. The Morgan fingerprint density at radius 2 is 1.60 bits per heavy atom. The maximum Gasteiger partial charge on any atom is 0.261 e. The predicted molar refractivity (Wildman–Crippen MR) is 123 cm³/mol. The van der Waals surface area contributed by atoms with Crippen LogP contribution in [0.15, 0.2) is 53.0 Å². The van der Waals surface area contributed by atoms with Crippen LogP contribution >= 0.6 is 15.9 Å². The van der Waals surface area contributed by atoms with E-state index in [2.05, 4.69) is 28.2 Å². The summed E-state index contributed by atoms with van der Waals surface area (Å²) in [6.07, 6.45) is 1.78. The van der Waals surface area contributed by atoms with Crippen molar-refractivity contribution >= 4 is 27.7 Å². The molecule has 2 amide bonds.